The van der Waals surface area contributed by atoms with Gasteiger partial charge in [0, 0.05) is 18.9 Å². The maximum absolute atomic E-state index is 13.1. The number of fused-ring (bicyclic) bond motifs is 1. The number of carboxylic acids is 1. The fraction of sp³-hybridized carbons (Fsp3) is 0.214. The van der Waals surface area contributed by atoms with Crippen molar-refractivity contribution in [3.63, 3.8) is 0 Å². The van der Waals surface area contributed by atoms with E-state index in [0.29, 0.717) is 5.69 Å². The molecule has 1 amide bonds. The number of amides is 1. The Labute approximate surface area is 119 Å². The topological polar surface area (TPSA) is 73.2 Å². The van der Waals surface area contributed by atoms with E-state index >= 15 is 0 Å². The summed E-state index contributed by atoms with van der Waals surface area (Å²) >= 11 is 0. The predicted molar refractivity (Wildman–Crippen MR) is 73.1 cm³/mol. The van der Waals surface area contributed by atoms with Crippen LogP contribution in [0.25, 0.3) is 0 Å². The van der Waals surface area contributed by atoms with Crippen molar-refractivity contribution in [2.75, 3.05) is 11.9 Å². The molecular formula is C14H12FN3O3. The fourth-order valence-corrected chi connectivity index (χ4v) is 2.59. The van der Waals surface area contributed by atoms with E-state index in [2.05, 4.69) is 5.10 Å². The molecule has 108 valence electrons. The quantitative estimate of drug-likeness (QED) is 0.826. The SMILES string of the molecule is CN1N=CC2C=C(C(=O)O)C(=O)N(c3ccc(F)cc3)C21. The van der Waals surface area contributed by atoms with Gasteiger partial charge in [-0.25, -0.2) is 9.18 Å². The largest absolute Gasteiger partial charge is 0.478 e. The van der Waals surface area contributed by atoms with Crippen molar-refractivity contribution in [1.29, 1.82) is 0 Å². The molecule has 0 aliphatic carbocycles. The third kappa shape index (κ3) is 2.06. The second-order valence-corrected chi connectivity index (χ2v) is 4.87. The molecule has 0 radical (unpaired) electrons. The van der Waals surface area contributed by atoms with E-state index in [1.165, 1.54) is 35.2 Å². The van der Waals surface area contributed by atoms with E-state index in [4.69, 9.17) is 5.11 Å². The van der Waals surface area contributed by atoms with Crippen LogP contribution in [0.5, 0.6) is 0 Å². The molecule has 2 aliphatic heterocycles. The van der Waals surface area contributed by atoms with Gasteiger partial charge in [0.25, 0.3) is 5.91 Å². The van der Waals surface area contributed by atoms with Crippen LogP contribution in [0.15, 0.2) is 41.0 Å². The van der Waals surface area contributed by atoms with Crippen LogP contribution >= 0.6 is 0 Å². The summed E-state index contributed by atoms with van der Waals surface area (Å²) in [6.07, 6.45) is 2.56. The number of hydrazone groups is 1. The van der Waals surface area contributed by atoms with Crippen LogP contribution < -0.4 is 4.90 Å². The molecule has 0 fully saturated rings. The molecule has 1 N–H and O–H groups in total. The van der Waals surface area contributed by atoms with Crippen molar-refractivity contribution < 1.29 is 19.1 Å². The number of hydrogen-bond acceptors (Lipinski definition) is 4. The summed E-state index contributed by atoms with van der Waals surface area (Å²) in [4.78, 5) is 25.0. The molecule has 2 aliphatic rings. The normalized spacial score (nSPS) is 24.1. The monoisotopic (exact) mass is 289 g/mol. The smallest absolute Gasteiger partial charge is 0.341 e. The van der Waals surface area contributed by atoms with Gasteiger partial charge in [-0.1, -0.05) is 6.08 Å². The maximum atomic E-state index is 13.1. The Kier molecular flexibility index (Phi) is 2.97. The first-order valence-corrected chi connectivity index (χ1v) is 6.30. The number of benzene rings is 1. The standard InChI is InChI=1S/C14H12FN3O3/c1-17-12-8(7-16-17)6-11(14(20)21)13(19)18(12)10-4-2-9(15)3-5-10/h2-8,12H,1H3,(H,20,21). The summed E-state index contributed by atoms with van der Waals surface area (Å²) in [7, 11) is 1.70. The summed E-state index contributed by atoms with van der Waals surface area (Å²) in [5.41, 5.74) is 0.128. The molecule has 0 spiro atoms. The minimum absolute atomic E-state index is 0.303. The highest BCUT2D eigenvalue weighted by Gasteiger charge is 2.43. The molecular weight excluding hydrogens is 277 g/mol. The molecule has 21 heavy (non-hydrogen) atoms. The predicted octanol–water partition coefficient (Wildman–Crippen LogP) is 1.06. The molecule has 7 heteroatoms. The zero-order chi connectivity index (χ0) is 15.1. The van der Waals surface area contributed by atoms with E-state index in [1.54, 1.807) is 18.3 Å². The Balaban J connectivity index is 2.09. The van der Waals surface area contributed by atoms with Gasteiger partial charge >= 0.3 is 5.97 Å². The zero-order valence-corrected chi connectivity index (χ0v) is 11.1. The molecule has 2 atom stereocenters. The summed E-state index contributed by atoms with van der Waals surface area (Å²) in [5, 5.41) is 14.9. The Morgan fingerprint density at radius 1 is 1.33 bits per heavy atom. The lowest BCUT2D eigenvalue weighted by molar-refractivity contribution is -0.135. The van der Waals surface area contributed by atoms with Crippen molar-refractivity contribution in [3.05, 3.63) is 41.7 Å². The average molecular weight is 289 g/mol. The molecule has 2 unspecified atom stereocenters. The van der Waals surface area contributed by atoms with E-state index in [0.717, 1.165) is 0 Å². The van der Waals surface area contributed by atoms with Crippen LogP contribution in [-0.4, -0.2) is 41.4 Å². The minimum atomic E-state index is -1.28. The number of nitrogens with zero attached hydrogens (tertiary/aromatic N) is 3. The molecule has 1 aromatic carbocycles. The molecule has 2 heterocycles. The van der Waals surface area contributed by atoms with Crippen molar-refractivity contribution >= 4 is 23.8 Å². The van der Waals surface area contributed by atoms with E-state index in [9.17, 15) is 14.0 Å². The van der Waals surface area contributed by atoms with Crippen LogP contribution in [-0.2, 0) is 9.59 Å². The van der Waals surface area contributed by atoms with Gasteiger partial charge in [0.1, 0.15) is 17.6 Å². The summed E-state index contributed by atoms with van der Waals surface area (Å²) in [6, 6.07) is 5.35. The first kappa shape index (κ1) is 13.3. The zero-order valence-electron chi connectivity index (χ0n) is 11.1. The minimum Gasteiger partial charge on any atom is -0.478 e. The summed E-state index contributed by atoms with van der Waals surface area (Å²) < 4.78 is 13.1. The molecule has 0 aromatic heterocycles. The maximum Gasteiger partial charge on any atom is 0.341 e. The second-order valence-electron chi connectivity index (χ2n) is 4.87. The number of rotatable bonds is 2. The van der Waals surface area contributed by atoms with Crippen molar-refractivity contribution in [3.8, 4) is 0 Å². The summed E-state index contributed by atoms with van der Waals surface area (Å²) in [6.45, 7) is 0. The number of halogens is 1. The molecule has 6 nitrogen and oxygen atoms in total. The van der Waals surface area contributed by atoms with Gasteiger partial charge in [0.05, 0.1) is 5.92 Å². The van der Waals surface area contributed by atoms with E-state index in [1.807, 2.05) is 0 Å². The van der Waals surface area contributed by atoms with Crippen molar-refractivity contribution in [2.24, 2.45) is 11.0 Å². The Hall–Kier alpha value is -2.70. The van der Waals surface area contributed by atoms with Crippen LogP contribution in [0.3, 0.4) is 0 Å². The molecule has 0 saturated carbocycles. The van der Waals surface area contributed by atoms with Gasteiger partial charge < -0.3 is 5.11 Å². The Morgan fingerprint density at radius 3 is 2.62 bits per heavy atom. The third-order valence-electron chi connectivity index (χ3n) is 3.56. The Bertz CT molecular complexity index is 669. The van der Waals surface area contributed by atoms with Crippen molar-refractivity contribution in [1.82, 2.24) is 5.01 Å². The lowest BCUT2D eigenvalue weighted by Crippen LogP contribution is -2.53. The number of hydrogen-bond donors (Lipinski definition) is 1. The fourth-order valence-electron chi connectivity index (χ4n) is 2.59. The molecule has 3 rings (SSSR count). The first-order chi connectivity index (χ1) is 9.99. The lowest BCUT2D eigenvalue weighted by atomic mass is 9.96. The summed E-state index contributed by atoms with van der Waals surface area (Å²) in [5.74, 6) is -2.66. The van der Waals surface area contributed by atoms with Crippen LogP contribution in [0.1, 0.15) is 0 Å². The molecule has 1 aromatic rings. The molecule has 0 bridgehead atoms. The van der Waals surface area contributed by atoms with Gasteiger partial charge in [-0.15, -0.1) is 0 Å². The number of aliphatic carboxylic acids is 1. The number of carboxylic acid groups (broad SMARTS) is 1. The highest BCUT2D eigenvalue weighted by molar-refractivity contribution is 6.22. The second kappa shape index (κ2) is 4.69. The number of carbonyl (C=O) groups is 2. The van der Waals surface area contributed by atoms with Crippen LogP contribution in [0.2, 0.25) is 0 Å². The van der Waals surface area contributed by atoms with Gasteiger partial charge in [-0.05, 0) is 24.3 Å². The third-order valence-corrected chi connectivity index (χ3v) is 3.56. The molecule has 0 saturated heterocycles. The first-order valence-electron chi connectivity index (χ1n) is 6.30. The lowest BCUT2D eigenvalue weighted by Gasteiger charge is -2.38. The number of carbonyl (C=O) groups excluding carboxylic acids is 1. The Morgan fingerprint density at radius 2 is 2.00 bits per heavy atom. The van der Waals surface area contributed by atoms with Gasteiger partial charge in [0.2, 0.25) is 0 Å². The van der Waals surface area contributed by atoms with Gasteiger partial charge in [-0.3, -0.25) is 14.7 Å². The van der Waals surface area contributed by atoms with Crippen LogP contribution in [0, 0.1) is 11.7 Å². The highest BCUT2D eigenvalue weighted by atomic mass is 19.1. The average Bonchev–Trinajstić information content (AvgIpc) is 2.81. The van der Waals surface area contributed by atoms with E-state index in [-0.39, 0.29) is 11.5 Å². The van der Waals surface area contributed by atoms with Crippen LogP contribution in [0.4, 0.5) is 10.1 Å². The van der Waals surface area contributed by atoms with E-state index < -0.39 is 23.9 Å². The highest BCUT2D eigenvalue weighted by Crippen LogP contribution is 2.32. The van der Waals surface area contributed by atoms with Gasteiger partial charge in [-0.2, -0.15) is 5.10 Å². The number of anilines is 1. The van der Waals surface area contributed by atoms with Crippen molar-refractivity contribution in [2.45, 2.75) is 6.17 Å². The van der Waals surface area contributed by atoms with Gasteiger partial charge in [0.15, 0.2) is 0 Å².